The maximum atomic E-state index is 12.6. The van der Waals surface area contributed by atoms with E-state index in [0.717, 1.165) is 17.5 Å². The van der Waals surface area contributed by atoms with Crippen molar-refractivity contribution in [3.05, 3.63) is 35.4 Å². The first-order valence-electron chi connectivity index (χ1n) is 6.99. The van der Waals surface area contributed by atoms with Crippen molar-refractivity contribution < 1.29 is 24.2 Å². The number of carbonyl (C=O) groups excluding carboxylic acids is 1. The zero-order valence-corrected chi connectivity index (χ0v) is 11.5. The monoisotopic (exact) mass is 291 g/mol. The smallest absolute Gasteiger partial charge is 0.334 e. The lowest BCUT2D eigenvalue weighted by molar-refractivity contribution is -0.164. The minimum absolute atomic E-state index is 0.0657. The molecule has 0 bridgehead atoms. The fourth-order valence-corrected chi connectivity index (χ4v) is 2.76. The lowest BCUT2D eigenvalue weighted by Gasteiger charge is -2.35. The Bertz CT molecular complexity index is 559. The van der Waals surface area contributed by atoms with Crippen molar-refractivity contribution in [2.75, 3.05) is 26.3 Å². The van der Waals surface area contributed by atoms with Gasteiger partial charge >= 0.3 is 5.97 Å². The first kappa shape index (κ1) is 14.0. The Kier molecular flexibility index (Phi) is 3.90. The minimum atomic E-state index is -1.04. The highest BCUT2D eigenvalue weighted by Crippen LogP contribution is 2.29. The molecule has 1 aromatic carbocycles. The number of carbonyl (C=O) groups is 2. The molecule has 6 nitrogen and oxygen atoms in total. The van der Waals surface area contributed by atoms with Crippen LogP contribution in [0.2, 0.25) is 0 Å². The van der Waals surface area contributed by atoms with Crippen LogP contribution in [0.5, 0.6) is 0 Å². The van der Waals surface area contributed by atoms with Crippen LogP contribution in [0.4, 0.5) is 0 Å². The van der Waals surface area contributed by atoms with Crippen molar-refractivity contribution in [3.63, 3.8) is 0 Å². The number of morpholine rings is 1. The van der Waals surface area contributed by atoms with E-state index in [1.54, 1.807) is 0 Å². The molecule has 1 aromatic rings. The van der Waals surface area contributed by atoms with Gasteiger partial charge in [0, 0.05) is 6.54 Å². The van der Waals surface area contributed by atoms with Crippen molar-refractivity contribution in [3.8, 4) is 0 Å². The van der Waals surface area contributed by atoms with Crippen molar-refractivity contribution in [1.29, 1.82) is 0 Å². The van der Waals surface area contributed by atoms with Crippen molar-refractivity contribution in [1.82, 2.24) is 4.90 Å². The molecule has 2 atom stereocenters. The molecule has 0 aliphatic carbocycles. The van der Waals surface area contributed by atoms with Gasteiger partial charge in [-0.3, -0.25) is 4.79 Å². The second kappa shape index (κ2) is 5.83. The molecule has 21 heavy (non-hydrogen) atoms. The van der Waals surface area contributed by atoms with E-state index in [2.05, 4.69) is 0 Å². The molecule has 0 unspecified atom stereocenters. The van der Waals surface area contributed by atoms with E-state index in [1.165, 1.54) is 4.90 Å². The highest BCUT2D eigenvalue weighted by molar-refractivity contribution is 5.84. The van der Waals surface area contributed by atoms with Gasteiger partial charge in [-0.15, -0.1) is 0 Å². The van der Waals surface area contributed by atoms with E-state index in [-0.39, 0.29) is 19.1 Å². The van der Waals surface area contributed by atoms with Gasteiger partial charge in [-0.05, 0) is 17.5 Å². The molecule has 1 fully saturated rings. The fourth-order valence-electron chi connectivity index (χ4n) is 2.76. The summed E-state index contributed by atoms with van der Waals surface area (Å²) in [7, 11) is 0. The third kappa shape index (κ3) is 2.77. The van der Waals surface area contributed by atoms with Crippen LogP contribution in [0, 0.1) is 0 Å². The summed E-state index contributed by atoms with van der Waals surface area (Å²) in [6, 6.07) is 7.72. The second-order valence-electron chi connectivity index (χ2n) is 5.18. The average molecular weight is 291 g/mol. The molecule has 0 saturated carbocycles. The topological polar surface area (TPSA) is 76.1 Å². The summed E-state index contributed by atoms with van der Waals surface area (Å²) < 4.78 is 10.8. The number of amides is 1. The van der Waals surface area contributed by atoms with E-state index < -0.39 is 18.2 Å². The molecular weight excluding hydrogens is 274 g/mol. The number of fused-ring (bicyclic) bond motifs is 1. The van der Waals surface area contributed by atoms with E-state index in [9.17, 15) is 9.59 Å². The van der Waals surface area contributed by atoms with Crippen molar-refractivity contribution in [2.45, 2.75) is 18.6 Å². The molecule has 2 aliphatic heterocycles. The van der Waals surface area contributed by atoms with Gasteiger partial charge in [0.05, 0.1) is 19.8 Å². The molecule has 112 valence electrons. The van der Waals surface area contributed by atoms with Crippen LogP contribution in [0.15, 0.2) is 24.3 Å². The Hall–Kier alpha value is -1.92. The van der Waals surface area contributed by atoms with Crippen LogP contribution in [0.25, 0.3) is 0 Å². The minimum Gasteiger partial charge on any atom is -0.479 e. The van der Waals surface area contributed by atoms with Crippen LogP contribution in [0.3, 0.4) is 0 Å². The van der Waals surface area contributed by atoms with Crippen LogP contribution in [-0.4, -0.2) is 54.3 Å². The highest BCUT2D eigenvalue weighted by atomic mass is 16.5. The normalized spacial score (nSPS) is 25.2. The molecular formula is C15H17NO5. The van der Waals surface area contributed by atoms with Gasteiger partial charge in [-0.25, -0.2) is 4.79 Å². The molecule has 0 aromatic heterocycles. The van der Waals surface area contributed by atoms with Gasteiger partial charge in [0.25, 0.3) is 5.91 Å². The zero-order chi connectivity index (χ0) is 14.8. The molecule has 1 saturated heterocycles. The summed E-state index contributed by atoms with van der Waals surface area (Å²) in [4.78, 5) is 25.2. The number of carboxylic acids is 1. The Morgan fingerprint density at radius 1 is 1.19 bits per heavy atom. The molecule has 1 amide bonds. The summed E-state index contributed by atoms with van der Waals surface area (Å²) in [5, 5.41) is 9.01. The third-order valence-electron chi connectivity index (χ3n) is 3.87. The molecule has 2 aliphatic rings. The summed E-state index contributed by atoms with van der Waals surface area (Å²) in [5.74, 6) is -1.23. The van der Waals surface area contributed by atoms with E-state index in [0.29, 0.717) is 13.2 Å². The third-order valence-corrected chi connectivity index (χ3v) is 3.87. The largest absolute Gasteiger partial charge is 0.479 e. The first-order valence-corrected chi connectivity index (χ1v) is 6.99. The van der Waals surface area contributed by atoms with E-state index >= 15 is 0 Å². The van der Waals surface area contributed by atoms with Crippen LogP contribution in [0.1, 0.15) is 17.2 Å². The molecule has 3 rings (SSSR count). The maximum absolute atomic E-state index is 12.6. The second-order valence-corrected chi connectivity index (χ2v) is 5.18. The van der Waals surface area contributed by atoms with Gasteiger partial charge in [0.2, 0.25) is 0 Å². The zero-order valence-electron chi connectivity index (χ0n) is 11.5. The van der Waals surface area contributed by atoms with Crippen molar-refractivity contribution in [2.24, 2.45) is 0 Å². The number of benzene rings is 1. The molecule has 0 spiro atoms. The van der Waals surface area contributed by atoms with Crippen LogP contribution < -0.4 is 0 Å². The number of carboxylic acid groups (broad SMARTS) is 1. The number of nitrogens with zero attached hydrogens (tertiary/aromatic N) is 1. The Morgan fingerprint density at radius 3 is 2.81 bits per heavy atom. The summed E-state index contributed by atoms with van der Waals surface area (Å²) in [6.45, 7) is 1.19. The molecule has 2 heterocycles. The Labute approximate surface area is 122 Å². The van der Waals surface area contributed by atoms with Crippen molar-refractivity contribution >= 4 is 11.9 Å². The quantitative estimate of drug-likeness (QED) is 0.864. The maximum Gasteiger partial charge on any atom is 0.334 e. The molecule has 0 radical (unpaired) electrons. The number of hydrogen-bond acceptors (Lipinski definition) is 4. The number of hydrogen-bond donors (Lipinski definition) is 1. The van der Waals surface area contributed by atoms with Gasteiger partial charge in [-0.1, -0.05) is 24.3 Å². The lowest BCUT2D eigenvalue weighted by Crippen LogP contribution is -2.50. The highest BCUT2D eigenvalue weighted by Gasteiger charge is 2.35. The molecule has 6 heteroatoms. The van der Waals surface area contributed by atoms with Gasteiger partial charge in [0.15, 0.2) is 12.2 Å². The first-order chi connectivity index (χ1) is 10.2. The number of aliphatic carboxylic acids is 1. The van der Waals surface area contributed by atoms with Crippen LogP contribution in [-0.2, 0) is 25.5 Å². The van der Waals surface area contributed by atoms with E-state index in [4.69, 9.17) is 14.6 Å². The van der Waals surface area contributed by atoms with Gasteiger partial charge < -0.3 is 19.5 Å². The van der Waals surface area contributed by atoms with Gasteiger partial charge in [0.1, 0.15) is 0 Å². The average Bonchev–Trinajstić information content (AvgIpc) is 2.53. The fraction of sp³-hybridized carbons (Fsp3) is 0.467. The van der Waals surface area contributed by atoms with E-state index in [1.807, 2.05) is 24.3 Å². The summed E-state index contributed by atoms with van der Waals surface area (Å²) in [5.41, 5.74) is 2.00. The SMILES string of the molecule is O=C(O)[C@H]1CN(C(=O)[C@H]2OCCc3ccccc32)CCO1. The predicted octanol–water partition coefficient (Wildman–Crippen LogP) is 0.612. The lowest BCUT2D eigenvalue weighted by atomic mass is 9.96. The standard InChI is InChI=1S/C15H17NO5/c17-14(16-6-8-20-12(9-16)15(18)19)13-11-4-2-1-3-10(11)5-7-21-13/h1-4,12-13H,5-9H2,(H,18,19)/t12-,13+/m1/s1. The van der Waals surface area contributed by atoms with Gasteiger partial charge in [-0.2, -0.15) is 0 Å². The Morgan fingerprint density at radius 2 is 2.00 bits per heavy atom. The number of ether oxygens (including phenoxy) is 2. The summed E-state index contributed by atoms with van der Waals surface area (Å²) in [6.07, 6.45) is -0.801. The predicted molar refractivity (Wildman–Crippen MR) is 72.8 cm³/mol. The number of rotatable bonds is 2. The summed E-state index contributed by atoms with van der Waals surface area (Å²) >= 11 is 0. The van der Waals surface area contributed by atoms with Crippen LogP contribution >= 0.6 is 0 Å². The molecule has 1 N–H and O–H groups in total. The Balaban J connectivity index is 1.78.